The zero-order valence-corrected chi connectivity index (χ0v) is 19.6. The summed E-state index contributed by atoms with van der Waals surface area (Å²) in [6.07, 6.45) is 2.96. The van der Waals surface area contributed by atoms with Crippen molar-refractivity contribution in [1.29, 1.82) is 4.78 Å². The number of nitrogens with one attached hydrogen (secondary N) is 2. The van der Waals surface area contributed by atoms with E-state index in [9.17, 15) is 17.8 Å². The molecule has 33 heavy (non-hydrogen) atoms. The third kappa shape index (κ3) is 3.89. The molecule has 11 heteroatoms. The third-order valence-electron chi connectivity index (χ3n) is 6.63. The van der Waals surface area contributed by atoms with E-state index in [-0.39, 0.29) is 36.0 Å². The van der Waals surface area contributed by atoms with Crippen LogP contribution in [0.3, 0.4) is 0 Å². The van der Waals surface area contributed by atoms with E-state index in [2.05, 4.69) is 15.4 Å². The van der Waals surface area contributed by atoms with E-state index in [1.807, 2.05) is 6.92 Å². The summed E-state index contributed by atoms with van der Waals surface area (Å²) in [5.41, 5.74) is 1.30. The van der Waals surface area contributed by atoms with Gasteiger partial charge in [-0.1, -0.05) is 17.7 Å². The topological polar surface area (TPSA) is 101 Å². The average molecular weight is 494 g/mol. The molecule has 0 radical (unpaired) electrons. The normalized spacial score (nSPS) is 24.9. The lowest BCUT2D eigenvalue weighted by Gasteiger charge is -2.17. The Hall–Kier alpha value is -2.59. The van der Waals surface area contributed by atoms with E-state index in [4.69, 9.17) is 16.4 Å². The van der Waals surface area contributed by atoms with Crippen LogP contribution in [0.25, 0.3) is 10.9 Å². The summed E-state index contributed by atoms with van der Waals surface area (Å²) in [6, 6.07) is 6.39. The number of amides is 1. The number of alkyl halides is 2. The van der Waals surface area contributed by atoms with Crippen molar-refractivity contribution in [3.05, 3.63) is 46.7 Å². The highest BCUT2D eigenvalue weighted by Gasteiger charge is 2.66. The van der Waals surface area contributed by atoms with Crippen LogP contribution in [0.2, 0.25) is 5.02 Å². The summed E-state index contributed by atoms with van der Waals surface area (Å²) < 4.78 is 49.3. The quantitative estimate of drug-likeness (QED) is 0.515. The molecule has 2 aromatic heterocycles. The van der Waals surface area contributed by atoms with Crippen molar-refractivity contribution in [3.8, 4) is 0 Å². The Labute approximate surface area is 194 Å². The Morgan fingerprint density at radius 1 is 1.36 bits per heavy atom. The SMILES string of the molecule is Cc1ccc(Cl)c2c(C(=O)Nc3ccnc(S(C)(=N)=O)c3)n(CC34CC3CC(F)(F)C4)nc12. The lowest BCUT2D eigenvalue weighted by atomic mass is 10.0. The molecular formula is C22H22ClF2N5O2S. The number of anilines is 1. The first-order valence-corrected chi connectivity index (χ1v) is 12.8. The molecule has 174 valence electrons. The van der Waals surface area contributed by atoms with Gasteiger partial charge in [0.1, 0.15) is 10.7 Å². The first-order chi connectivity index (χ1) is 15.4. The Morgan fingerprint density at radius 2 is 2.12 bits per heavy atom. The summed E-state index contributed by atoms with van der Waals surface area (Å²) in [5, 5.41) is 8.20. The van der Waals surface area contributed by atoms with Gasteiger partial charge in [0.25, 0.3) is 5.91 Å². The van der Waals surface area contributed by atoms with E-state index in [0.717, 1.165) is 5.56 Å². The molecule has 2 aliphatic rings. The molecule has 0 bridgehead atoms. The van der Waals surface area contributed by atoms with Crippen molar-refractivity contribution in [3.63, 3.8) is 0 Å². The molecule has 1 aromatic carbocycles. The Morgan fingerprint density at radius 3 is 2.79 bits per heavy atom. The van der Waals surface area contributed by atoms with Crippen LogP contribution in [0.4, 0.5) is 14.5 Å². The van der Waals surface area contributed by atoms with E-state index >= 15 is 0 Å². The highest BCUT2D eigenvalue weighted by Crippen LogP contribution is 2.68. The van der Waals surface area contributed by atoms with Gasteiger partial charge in [0.2, 0.25) is 5.92 Å². The van der Waals surface area contributed by atoms with Crippen LogP contribution in [0.5, 0.6) is 0 Å². The second-order valence-corrected chi connectivity index (χ2v) is 11.8. The van der Waals surface area contributed by atoms with E-state index in [0.29, 0.717) is 28.0 Å². The summed E-state index contributed by atoms with van der Waals surface area (Å²) >= 11 is 6.46. The Kier molecular flexibility index (Phi) is 4.85. The zero-order valence-electron chi connectivity index (χ0n) is 18.0. The molecule has 3 aromatic rings. The predicted molar refractivity (Wildman–Crippen MR) is 121 cm³/mol. The number of aromatic nitrogens is 3. The van der Waals surface area contributed by atoms with Crippen molar-refractivity contribution in [2.75, 3.05) is 11.6 Å². The van der Waals surface area contributed by atoms with E-state index in [1.165, 1.54) is 29.3 Å². The standard InChI is InChI=1S/C22H22ClF2N5O2S/c1-12-3-4-15(23)17-18(12)29-30(11-21-8-13(21)9-22(24,25)10-21)19(17)20(31)28-14-5-6-27-16(7-14)33(2,26)32/h3-7,13,26H,8-11H2,1-2H3,(H,27,28,31). The van der Waals surface area contributed by atoms with Crippen LogP contribution >= 0.6 is 11.6 Å². The number of hydrogen-bond donors (Lipinski definition) is 2. The number of carbonyl (C=O) groups excluding carboxylic acids is 1. The Bertz CT molecular complexity index is 1420. The monoisotopic (exact) mass is 493 g/mol. The highest BCUT2D eigenvalue weighted by atomic mass is 35.5. The number of benzene rings is 1. The van der Waals surface area contributed by atoms with Crippen LogP contribution in [0.15, 0.2) is 35.5 Å². The van der Waals surface area contributed by atoms with E-state index in [1.54, 1.807) is 12.1 Å². The maximum atomic E-state index is 14.0. The largest absolute Gasteiger partial charge is 0.320 e. The first-order valence-electron chi connectivity index (χ1n) is 10.4. The van der Waals surface area contributed by atoms with Gasteiger partial charge in [0.05, 0.1) is 25.7 Å². The van der Waals surface area contributed by atoms with Crippen molar-refractivity contribution >= 4 is 43.8 Å². The number of aryl methyl sites for hydroxylation is 1. The predicted octanol–water partition coefficient (Wildman–Crippen LogP) is 5.12. The number of halogens is 3. The van der Waals surface area contributed by atoms with Gasteiger partial charge in [0, 0.05) is 37.5 Å². The summed E-state index contributed by atoms with van der Waals surface area (Å²) in [5.74, 6) is -3.29. The van der Waals surface area contributed by atoms with Gasteiger partial charge in [-0.15, -0.1) is 0 Å². The van der Waals surface area contributed by atoms with Gasteiger partial charge in [-0.05, 0) is 48.4 Å². The smallest absolute Gasteiger partial charge is 0.274 e. The number of nitrogens with zero attached hydrogens (tertiary/aromatic N) is 3. The highest BCUT2D eigenvalue weighted by molar-refractivity contribution is 7.91. The molecule has 2 heterocycles. The summed E-state index contributed by atoms with van der Waals surface area (Å²) in [4.78, 5) is 17.4. The van der Waals surface area contributed by atoms with Crippen LogP contribution in [-0.2, 0) is 16.3 Å². The molecule has 3 unspecified atom stereocenters. The Balaban J connectivity index is 1.56. The minimum Gasteiger partial charge on any atom is -0.320 e. The second kappa shape index (κ2) is 7.20. The van der Waals surface area contributed by atoms with Gasteiger partial charge in [-0.2, -0.15) is 5.10 Å². The maximum Gasteiger partial charge on any atom is 0.274 e. The lowest BCUT2D eigenvalue weighted by molar-refractivity contribution is -0.0116. The minimum absolute atomic E-state index is 0.0421. The van der Waals surface area contributed by atoms with Gasteiger partial charge in [0.15, 0.2) is 0 Å². The van der Waals surface area contributed by atoms with Crippen molar-refractivity contribution in [2.45, 2.75) is 43.7 Å². The molecule has 0 aliphatic heterocycles. The van der Waals surface area contributed by atoms with Crippen LogP contribution in [0.1, 0.15) is 35.3 Å². The molecule has 3 atom stereocenters. The lowest BCUT2D eigenvalue weighted by Crippen LogP contribution is -2.23. The molecule has 0 saturated heterocycles. The number of pyridine rings is 1. The van der Waals surface area contributed by atoms with Crippen LogP contribution < -0.4 is 5.32 Å². The molecule has 2 saturated carbocycles. The molecule has 7 nitrogen and oxygen atoms in total. The third-order valence-corrected chi connectivity index (χ3v) is 7.97. The van der Waals surface area contributed by atoms with Gasteiger partial charge in [-0.25, -0.2) is 22.8 Å². The minimum atomic E-state index is -3.07. The number of carbonyl (C=O) groups is 1. The van der Waals surface area contributed by atoms with Crippen molar-refractivity contribution in [2.24, 2.45) is 11.3 Å². The molecule has 2 aliphatic carbocycles. The van der Waals surface area contributed by atoms with Crippen molar-refractivity contribution in [1.82, 2.24) is 14.8 Å². The first kappa shape index (κ1) is 22.2. The molecule has 1 amide bonds. The zero-order chi connectivity index (χ0) is 23.8. The van der Waals surface area contributed by atoms with Gasteiger partial charge < -0.3 is 5.32 Å². The second-order valence-electron chi connectivity index (χ2n) is 9.27. The maximum absolute atomic E-state index is 14.0. The van der Waals surface area contributed by atoms with Crippen molar-refractivity contribution < 1.29 is 17.8 Å². The van der Waals surface area contributed by atoms with Crippen LogP contribution in [-0.4, -0.2) is 37.1 Å². The fourth-order valence-corrected chi connectivity index (χ4v) is 5.85. The number of rotatable bonds is 5. The summed E-state index contributed by atoms with van der Waals surface area (Å²) in [6.45, 7) is 2.05. The molecular weight excluding hydrogens is 472 g/mol. The van der Waals surface area contributed by atoms with Gasteiger partial charge in [-0.3, -0.25) is 9.48 Å². The molecule has 2 N–H and O–H groups in total. The molecule has 2 fully saturated rings. The fourth-order valence-electron chi connectivity index (χ4n) is 4.99. The van der Waals surface area contributed by atoms with E-state index < -0.39 is 27.0 Å². The molecule has 5 rings (SSSR count). The summed E-state index contributed by atoms with van der Waals surface area (Å²) in [7, 11) is -3.07. The number of fused-ring (bicyclic) bond motifs is 2. The average Bonchev–Trinajstić information content (AvgIpc) is 3.07. The van der Waals surface area contributed by atoms with Gasteiger partial charge >= 0.3 is 0 Å². The number of hydrogen-bond acceptors (Lipinski definition) is 5. The fraction of sp³-hybridized carbons (Fsp3) is 0.409. The molecule has 0 spiro atoms. The van der Waals surface area contributed by atoms with Crippen LogP contribution in [0, 0.1) is 23.0 Å².